The molecule has 0 unspecified atom stereocenters. The van der Waals surface area contributed by atoms with Crippen molar-refractivity contribution in [3.8, 4) is 0 Å². The lowest BCUT2D eigenvalue weighted by Crippen LogP contribution is -2.47. The highest BCUT2D eigenvalue weighted by atomic mass is 16.6. The van der Waals surface area contributed by atoms with Crippen LogP contribution in [0.25, 0.3) is 10.9 Å². The number of benzene rings is 2. The van der Waals surface area contributed by atoms with Gasteiger partial charge in [-0.25, -0.2) is 9.97 Å². The number of anilines is 4. The molecule has 0 amide bonds. The summed E-state index contributed by atoms with van der Waals surface area (Å²) in [6.45, 7) is 8.94. The molecule has 0 aliphatic carbocycles. The zero-order chi connectivity index (χ0) is 24.5. The van der Waals surface area contributed by atoms with Crippen molar-refractivity contribution >= 4 is 39.6 Å². The first kappa shape index (κ1) is 22.5. The van der Waals surface area contributed by atoms with Crippen molar-refractivity contribution in [1.82, 2.24) is 15.0 Å². The lowest BCUT2D eigenvalue weighted by atomic mass is 10.1. The third-order valence-corrected chi connectivity index (χ3v) is 6.61. The Labute approximate surface area is 203 Å². The fraction of sp³-hybridized carbons (Fsp3) is 0.269. The van der Waals surface area contributed by atoms with Gasteiger partial charge in [0.25, 0.3) is 0 Å². The third kappa shape index (κ3) is 4.32. The van der Waals surface area contributed by atoms with Crippen LogP contribution in [0.2, 0.25) is 0 Å². The van der Waals surface area contributed by atoms with E-state index in [-0.39, 0.29) is 11.5 Å². The van der Waals surface area contributed by atoms with Gasteiger partial charge >= 0.3 is 5.69 Å². The highest BCUT2D eigenvalue weighted by molar-refractivity contribution is 5.94. The standard InChI is InChI=1S/C26H27N7O2/c1-17-6-4-9-23(19(17)3)31-12-14-32(15-13-31)26-24(33(34)35)25(27-16-28-26)30-22-8-5-7-21-20(22)11-10-18(2)29-21/h4-11,16H,12-15H2,1-3H3,(H,27,28,30). The smallest absolute Gasteiger partial charge is 0.353 e. The number of pyridine rings is 1. The van der Waals surface area contributed by atoms with Gasteiger partial charge in [-0.3, -0.25) is 15.1 Å². The second-order valence-electron chi connectivity index (χ2n) is 8.79. The van der Waals surface area contributed by atoms with Crippen LogP contribution >= 0.6 is 0 Å². The van der Waals surface area contributed by atoms with Crippen LogP contribution in [0.4, 0.5) is 28.7 Å². The van der Waals surface area contributed by atoms with E-state index in [1.807, 2.05) is 42.2 Å². The Morgan fingerprint density at radius 2 is 1.66 bits per heavy atom. The lowest BCUT2D eigenvalue weighted by molar-refractivity contribution is -0.383. The van der Waals surface area contributed by atoms with Crippen molar-refractivity contribution in [2.24, 2.45) is 0 Å². The fourth-order valence-corrected chi connectivity index (χ4v) is 4.59. The number of hydrogen-bond donors (Lipinski definition) is 1. The number of fused-ring (bicyclic) bond motifs is 1. The molecular formula is C26H27N7O2. The van der Waals surface area contributed by atoms with Gasteiger partial charge in [-0.2, -0.15) is 0 Å². The fourth-order valence-electron chi connectivity index (χ4n) is 4.59. The van der Waals surface area contributed by atoms with E-state index in [0.717, 1.165) is 29.7 Å². The highest BCUT2D eigenvalue weighted by Gasteiger charge is 2.30. The number of piperazine rings is 1. The number of nitro groups is 1. The largest absolute Gasteiger partial charge is 0.368 e. The second kappa shape index (κ2) is 9.17. The third-order valence-electron chi connectivity index (χ3n) is 6.61. The molecule has 4 aromatic rings. The monoisotopic (exact) mass is 469 g/mol. The minimum atomic E-state index is -0.401. The molecule has 178 valence electrons. The van der Waals surface area contributed by atoms with E-state index in [9.17, 15) is 10.1 Å². The van der Waals surface area contributed by atoms with Gasteiger partial charge in [0.1, 0.15) is 6.33 Å². The van der Waals surface area contributed by atoms with E-state index < -0.39 is 4.92 Å². The number of nitrogens with one attached hydrogen (secondary N) is 1. The maximum Gasteiger partial charge on any atom is 0.353 e. The van der Waals surface area contributed by atoms with E-state index in [0.29, 0.717) is 24.6 Å². The first-order chi connectivity index (χ1) is 16.9. The molecule has 0 atom stereocenters. The predicted molar refractivity (Wildman–Crippen MR) is 139 cm³/mol. The van der Waals surface area contributed by atoms with Gasteiger partial charge in [0.05, 0.1) is 10.4 Å². The van der Waals surface area contributed by atoms with E-state index in [4.69, 9.17) is 0 Å². The Morgan fingerprint density at radius 1 is 0.914 bits per heavy atom. The summed E-state index contributed by atoms with van der Waals surface area (Å²) in [5.41, 5.74) is 6.04. The zero-order valence-electron chi connectivity index (χ0n) is 20.0. The molecule has 5 rings (SSSR count). The predicted octanol–water partition coefficient (Wildman–Crippen LogP) is 4.93. The molecule has 1 fully saturated rings. The van der Waals surface area contributed by atoms with Crippen molar-refractivity contribution in [2.75, 3.05) is 41.3 Å². The van der Waals surface area contributed by atoms with Crippen molar-refractivity contribution in [1.29, 1.82) is 0 Å². The van der Waals surface area contributed by atoms with Crippen molar-refractivity contribution in [3.63, 3.8) is 0 Å². The van der Waals surface area contributed by atoms with Gasteiger partial charge < -0.3 is 15.1 Å². The van der Waals surface area contributed by atoms with Gasteiger partial charge in [-0.05, 0) is 62.2 Å². The summed E-state index contributed by atoms with van der Waals surface area (Å²) in [4.78, 5) is 29.2. The summed E-state index contributed by atoms with van der Waals surface area (Å²) in [5.74, 6) is 0.507. The van der Waals surface area contributed by atoms with E-state index in [2.05, 4.69) is 57.2 Å². The summed E-state index contributed by atoms with van der Waals surface area (Å²) in [6, 6.07) is 15.9. The van der Waals surface area contributed by atoms with E-state index >= 15 is 0 Å². The number of aryl methyl sites for hydroxylation is 2. The first-order valence-corrected chi connectivity index (χ1v) is 11.6. The minimum Gasteiger partial charge on any atom is -0.368 e. The molecule has 1 aliphatic rings. The molecule has 3 heterocycles. The second-order valence-corrected chi connectivity index (χ2v) is 8.79. The maximum absolute atomic E-state index is 12.2. The van der Waals surface area contributed by atoms with Gasteiger partial charge in [0.15, 0.2) is 0 Å². The molecule has 0 spiro atoms. The molecular weight excluding hydrogens is 442 g/mol. The summed E-state index contributed by atoms with van der Waals surface area (Å²) < 4.78 is 0. The zero-order valence-corrected chi connectivity index (χ0v) is 20.0. The summed E-state index contributed by atoms with van der Waals surface area (Å²) in [7, 11) is 0. The number of aromatic nitrogens is 3. The van der Waals surface area contributed by atoms with Gasteiger partial charge in [-0.1, -0.05) is 18.2 Å². The SMILES string of the molecule is Cc1ccc2c(Nc3ncnc(N4CCN(c5cccc(C)c5C)CC4)c3[N+](=O)[O-])cccc2n1. The van der Waals surface area contributed by atoms with Crippen LogP contribution in [0.3, 0.4) is 0 Å². The molecule has 0 radical (unpaired) electrons. The average Bonchev–Trinajstić information content (AvgIpc) is 2.85. The quantitative estimate of drug-likeness (QED) is 0.324. The van der Waals surface area contributed by atoms with Crippen LogP contribution in [-0.4, -0.2) is 46.1 Å². The number of nitrogens with zero attached hydrogens (tertiary/aromatic N) is 6. The molecule has 0 saturated carbocycles. The topological polar surface area (TPSA) is 100 Å². The average molecular weight is 470 g/mol. The summed E-state index contributed by atoms with van der Waals surface area (Å²) in [6.07, 6.45) is 1.38. The van der Waals surface area contributed by atoms with Crippen LogP contribution < -0.4 is 15.1 Å². The minimum absolute atomic E-state index is 0.121. The Morgan fingerprint density at radius 3 is 2.43 bits per heavy atom. The van der Waals surface area contributed by atoms with Crippen LogP contribution in [0.1, 0.15) is 16.8 Å². The Bertz CT molecular complexity index is 1410. The van der Waals surface area contributed by atoms with Crippen molar-refractivity contribution in [3.05, 3.63) is 81.8 Å². The lowest BCUT2D eigenvalue weighted by Gasteiger charge is -2.37. The molecule has 9 heteroatoms. The molecule has 9 nitrogen and oxygen atoms in total. The molecule has 2 aromatic heterocycles. The Balaban J connectivity index is 1.43. The van der Waals surface area contributed by atoms with Crippen LogP contribution in [0.15, 0.2) is 54.9 Å². The normalized spacial score (nSPS) is 13.8. The molecule has 2 aromatic carbocycles. The van der Waals surface area contributed by atoms with Crippen molar-refractivity contribution in [2.45, 2.75) is 20.8 Å². The Hall–Kier alpha value is -4.27. The number of hydrogen-bond acceptors (Lipinski definition) is 8. The molecule has 0 bridgehead atoms. The molecule has 1 aliphatic heterocycles. The highest BCUT2D eigenvalue weighted by Crippen LogP contribution is 2.36. The molecule has 1 saturated heterocycles. The number of rotatable bonds is 5. The molecule has 1 N–H and O–H groups in total. The summed E-state index contributed by atoms with van der Waals surface area (Å²) in [5, 5.41) is 16.2. The van der Waals surface area contributed by atoms with Crippen LogP contribution in [-0.2, 0) is 0 Å². The van der Waals surface area contributed by atoms with Crippen LogP contribution in [0, 0.1) is 30.9 Å². The first-order valence-electron chi connectivity index (χ1n) is 11.6. The maximum atomic E-state index is 12.2. The van der Waals surface area contributed by atoms with E-state index in [1.54, 1.807) is 0 Å². The Kier molecular flexibility index (Phi) is 5.90. The van der Waals surface area contributed by atoms with E-state index in [1.165, 1.54) is 23.1 Å². The van der Waals surface area contributed by atoms with Crippen molar-refractivity contribution < 1.29 is 4.92 Å². The molecule has 35 heavy (non-hydrogen) atoms. The van der Waals surface area contributed by atoms with Gasteiger partial charge in [0, 0.05) is 48.6 Å². The van der Waals surface area contributed by atoms with Crippen LogP contribution in [0.5, 0.6) is 0 Å². The van der Waals surface area contributed by atoms with Gasteiger partial charge in [-0.15, -0.1) is 0 Å². The van der Waals surface area contributed by atoms with Gasteiger partial charge in [0.2, 0.25) is 11.6 Å². The summed E-state index contributed by atoms with van der Waals surface area (Å²) >= 11 is 0.